The van der Waals surface area contributed by atoms with Gasteiger partial charge in [0.2, 0.25) is 0 Å². The first kappa shape index (κ1) is 16.2. The van der Waals surface area contributed by atoms with Crippen LogP contribution in [0.4, 0.5) is 0 Å². The van der Waals surface area contributed by atoms with Crippen LogP contribution in [0.15, 0.2) is 47.9 Å². The fourth-order valence-electron chi connectivity index (χ4n) is 5.38. The molecule has 0 aromatic heterocycles. The zero-order valence-corrected chi connectivity index (χ0v) is 14.7. The number of ether oxygens (including phenoxy) is 2. The molecule has 0 radical (unpaired) electrons. The minimum absolute atomic E-state index is 0.104. The van der Waals surface area contributed by atoms with E-state index in [0.29, 0.717) is 17.8 Å². The number of carbonyl (C=O) groups excluding carboxylic acids is 1. The van der Waals surface area contributed by atoms with Gasteiger partial charge in [0, 0.05) is 17.4 Å². The van der Waals surface area contributed by atoms with Crippen molar-refractivity contribution in [3.05, 3.63) is 43.0 Å². The van der Waals surface area contributed by atoms with Gasteiger partial charge in [-0.05, 0) is 56.1 Å². The molecule has 4 saturated carbocycles. The van der Waals surface area contributed by atoms with E-state index in [0.717, 1.165) is 32.1 Å². The molecule has 3 nitrogen and oxygen atoms in total. The van der Waals surface area contributed by atoms with E-state index in [2.05, 4.69) is 30.8 Å². The van der Waals surface area contributed by atoms with E-state index < -0.39 is 0 Å². The Kier molecular flexibility index (Phi) is 4.21. The standard InChI is InChI=1S/C20H24O3S/c1-2-18(21)23-20-11-15-8-16(12-20)10-19(9-15,13-20)22-14-24-17-6-4-3-5-7-17/h2-7,15-16H,1,8-14H2. The second kappa shape index (κ2) is 6.23. The first-order valence-electron chi connectivity index (χ1n) is 8.78. The van der Waals surface area contributed by atoms with E-state index in [4.69, 9.17) is 9.47 Å². The summed E-state index contributed by atoms with van der Waals surface area (Å²) >= 11 is 1.74. The molecule has 4 aliphatic rings. The van der Waals surface area contributed by atoms with Crippen molar-refractivity contribution in [1.82, 2.24) is 0 Å². The van der Waals surface area contributed by atoms with E-state index in [1.165, 1.54) is 17.4 Å². The molecule has 5 rings (SSSR count). The molecule has 2 atom stereocenters. The Hall–Kier alpha value is -1.26. The van der Waals surface area contributed by atoms with Crippen molar-refractivity contribution < 1.29 is 14.3 Å². The van der Waals surface area contributed by atoms with Crippen molar-refractivity contribution in [3.63, 3.8) is 0 Å². The lowest BCUT2D eigenvalue weighted by Gasteiger charge is -2.60. The van der Waals surface area contributed by atoms with Gasteiger partial charge in [-0.1, -0.05) is 36.5 Å². The summed E-state index contributed by atoms with van der Waals surface area (Å²) < 4.78 is 12.3. The number of hydrogen-bond acceptors (Lipinski definition) is 4. The fourth-order valence-corrected chi connectivity index (χ4v) is 6.17. The highest BCUT2D eigenvalue weighted by molar-refractivity contribution is 7.99. The van der Waals surface area contributed by atoms with Gasteiger partial charge in [0.15, 0.2) is 0 Å². The zero-order chi connectivity index (χ0) is 16.6. The SMILES string of the molecule is C=CC(=O)OC12CC3CC(CC(OCSc4ccccc4)(C3)C1)C2. The highest BCUT2D eigenvalue weighted by Crippen LogP contribution is 2.60. The minimum Gasteiger partial charge on any atom is -0.456 e. The van der Waals surface area contributed by atoms with Gasteiger partial charge in [0.05, 0.1) is 11.5 Å². The smallest absolute Gasteiger partial charge is 0.330 e. The molecule has 2 unspecified atom stereocenters. The summed E-state index contributed by atoms with van der Waals surface area (Å²) in [6.07, 6.45) is 7.64. The molecule has 0 spiro atoms. The van der Waals surface area contributed by atoms with Crippen molar-refractivity contribution in [3.8, 4) is 0 Å². The summed E-state index contributed by atoms with van der Waals surface area (Å²) in [7, 11) is 0. The van der Waals surface area contributed by atoms with Crippen molar-refractivity contribution in [2.75, 3.05) is 5.94 Å². The van der Waals surface area contributed by atoms with E-state index in [1.807, 2.05) is 6.07 Å². The van der Waals surface area contributed by atoms with E-state index in [-0.39, 0.29) is 17.2 Å². The largest absolute Gasteiger partial charge is 0.456 e. The predicted octanol–water partition coefficient (Wildman–Crippen LogP) is 4.57. The molecule has 0 saturated heterocycles. The molecule has 0 N–H and O–H groups in total. The Morgan fingerprint density at radius 2 is 1.83 bits per heavy atom. The van der Waals surface area contributed by atoms with E-state index in [1.54, 1.807) is 11.8 Å². The van der Waals surface area contributed by atoms with Gasteiger partial charge in [-0.2, -0.15) is 0 Å². The Balaban J connectivity index is 1.44. The van der Waals surface area contributed by atoms with Crippen LogP contribution >= 0.6 is 11.8 Å². The molecule has 0 heterocycles. The molecular weight excluding hydrogens is 320 g/mol. The molecule has 4 bridgehead atoms. The summed E-state index contributed by atoms with van der Waals surface area (Å²) in [4.78, 5) is 13.0. The molecule has 1 aromatic carbocycles. The molecule has 4 aliphatic carbocycles. The van der Waals surface area contributed by atoms with Crippen LogP contribution in [-0.2, 0) is 14.3 Å². The van der Waals surface area contributed by atoms with Gasteiger partial charge in [0.1, 0.15) is 5.60 Å². The molecule has 0 aliphatic heterocycles. The average molecular weight is 344 g/mol. The van der Waals surface area contributed by atoms with Gasteiger partial charge in [0.25, 0.3) is 0 Å². The van der Waals surface area contributed by atoms with Crippen LogP contribution < -0.4 is 0 Å². The normalized spacial score (nSPS) is 36.5. The molecular formula is C20H24O3S. The third-order valence-corrected chi connectivity index (χ3v) is 6.61. The Labute approximate surface area is 147 Å². The van der Waals surface area contributed by atoms with Crippen LogP contribution in [0.3, 0.4) is 0 Å². The van der Waals surface area contributed by atoms with E-state index in [9.17, 15) is 4.79 Å². The van der Waals surface area contributed by atoms with Crippen molar-refractivity contribution >= 4 is 17.7 Å². The van der Waals surface area contributed by atoms with E-state index >= 15 is 0 Å². The topological polar surface area (TPSA) is 35.5 Å². The molecule has 24 heavy (non-hydrogen) atoms. The van der Waals surface area contributed by atoms with Gasteiger partial charge >= 0.3 is 5.97 Å². The van der Waals surface area contributed by atoms with Crippen LogP contribution in [0.1, 0.15) is 38.5 Å². The number of benzene rings is 1. The monoisotopic (exact) mass is 344 g/mol. The lowest BCUT2D eigenvalue weighted by atomic mass is 9.52. The van der Waals surface area contributed by atoms with Crippen molar-refractivity contribution in [2.24, 2.45) is 11.8 Å². The first-order valence-corrected chi connectivity index (χ1v) is 9.76. The maximum absolute atomic E-state index is 11.8. The maximum atomic E-state index is 11.8. The van der Waals surface area contributed by atoms with Gasteiger partial charge < -0.3 is 9.47 Å². The Morgan fingerprint density at radius 1 is 1.17 bits per heavy atom. The first-order chi connectivity index (χ1) is 11.6. The molecule has 128 valence electrons. The second-order valence-electron chi connectivity index (χ2n) is 7.67. The summed E-state index contributed by atoms with van der Waals surface area (Å²) in [6.45, 7) is 3.55. The third-order valence-electron chi connectivity index (χ3n) is 5.77. The summed E-state index contributed by atoms with van der Waals surface area (Å²) in [5.74, 6) is 1.64. The minimum atomic E-state index is -0.313. The quantitative estimate of drug-likeness (QED) is 0.328. The van der Waals surface area contributed by atoms with Crippen molar-refractivity contribution in [2.45, 2.75) is 54.6 Å². The highest BCUT2D eigenvalue weighted by atomic mass is 32.2. The maximum Gasteiger partial charge on any atom is 0.330 e. The summed E-state index contributed by atoms with van der Waals surface area (Å²) in [5, 5.41) is 0. The lowest BCUT2D eigenvalue weighted by molar-refractivity contribution is -0.226. The zero-order valence-electron chi connectivity index (χ0n) is 13.9. The van der Waals surface area contributed by atoms with Gasteiger partial charge in [-0.15, -0.1) is 0 Å². The summed E-state index contributed by atoms with van der Waals surface area (Å²) in [6, 6.07) is 10.4. The highest BCUT2D eigenvalue weighted by Gasteiger charge is 2.60. The van der Waals surface area contributed by atoms with Gasteiger partial charge in [-0.3, -0.25) is 0 Å². The molecule has 4 fully saturated rings. The van der Waals surface area contributed by atoms with Gasteiger partial charge in [-0.25, -0.2) is 4.79 Å². The molecule has 4 heteroatoms. The van der Waals surface area contributed by atoms with Crippen molar-refractivity contribution in [1.29, 1.82) is 0 Å². The Bertz CT molecular complexity index is 613. The second-order valence-corrected chi connectivity index (χ2v) is 8.67. The number of carbonyl (C=O) groups is 1. The van der Waals surface area contributed by atoms with Crippen LogP contribution in [0.5, 0.6) is 0 Å². The lowest BCUT2D eigenvalue weighted by Crippen LogP contribution is -2.61. The molecule has 1 aromatic rings. The van der Waals surface area contributed by atoms with Crippen LogP contribution in [0.25, 0.3) is 0 Å². The predicted molar refractivity (Wildman–Crippen MR) is 94.7 cm³/mol. The van der Waals surface area contributed by atoms with Crippen LogP contribution in [0.2, 0.25) is 0 Å². The van der Waals surface area contributed by atoms with Crippen LogP contribution in [0, 0.1) is 11.8 Å². The summed E-state index contributed by atoms with van der Waals surface area (Å²) in [5.41, 5.74) is -0.417. The number of thioether (sulfide) groups is 1. The number of rotatable bonds is 6. The third kappa shape index (κ3) is 3.14. The fraction of sp³-hybridized carbons (Fsp3) is 0.550. The Morgan fingerprint density at radius 3 is 2.50 bits per heavy atom. The average Bonchev–Trinajstić information content (AvgIpc) is 2.54. The number of esters is 1. The number of hydrogen-bond donors (Lipinski definition) is 0. The van der Waals surface area contributed by atoms with Crippen LogP contribution in [-0.4, -0.2) is 23.1 Å². The molecule has 0 amide bonds.